The highest BCUT2D eigenvalue weighted by Gasteiger charge is 2.38. The molecule has 116 valence electrons. The fraction of sp³-hybridized carbons (Fsp3) is 0.857. The van der Waals surface area contributed by atoms with Crippen molar-refractivity contribution >= 4 is 12.1 Å². The number of amides is 1. The van der Waals surface area contributed by atoms with Crippen LogP contribution < -0.4 is 0 Å². The van der Waals surface area contributed by atoms with E-state index in [0.717, 1.165) is 0 Å². The number of rotatable bonds is 3. The molecular formula is C14H25NO5. The van der Waals surface area contributed by atoms with Gasteiger partial charge in [0.15, 0.2) is 0 Å². The van der Waals surface area contributed by atoms with Crippen LogP contribution in [0.1, 0.15) is 40.5 Å². The molecule has 0 aliphatic carbocycles. The molecule has 1 N–H and O–H groups in total. The predicted octanol–water partition coefficient (Wildman–Crippen LogP) is 1.56. The number of carbonyl (C=O) groups excluding carboxylic acids is 2. The molecule has 0 saturated carbocycles. The highest BCUT2D eigenvalue weighted by Crippen LogP contribution is 2.25. The number of carbonyl (C=O) groups is 2. The van der Waals surface area contributed by atoms with Crippen LogP contribution in [0.25, 0.3) is 0 Å². The molecule has 0 spiro atoms. The lowest BCUT2D eigenvalue weighted by Gasteiger charge is -2.38. The fourth-order valence-corrected chi connectivity index (χ4v) is 2.21. The van der Waals surface area contributed by atoms with Crippen molar-refractivity contribution in [3.05, 3.63) is 0 Å². The summed E-state index contributed by atoms with van der Waals surface area (Å²) < 4.78 is 10.3. The Hall–Kier alpha value is -1.30. The van der Waals surface area contributed by atoms with E-state index in [1.165, 1.54) is 4.90 Å². The first kappa shape index (κ1) is 16.8. The van der Waals surface area contributed by atoms with Gasteiger partial charge in [0.05, 0.1) is 6.61 Å². The van der Waals surface area contributed by atoms with Crippen LogP contribution in [0.15, 0.2) is 0 Å². The standard InChI is InChI=1S/C14H25NO5/c1-5-19-12(17)11-8-10(9-16)6-7-15(11)13(18)20-14(2,3)4/h10-11,16H,5-9H2,1-4H3. The SMILES string of the molecule is CCOC(=O)C1CC(CO)CCN1C(=O)OC(C)(C)C. The van der Waals surface area contributed by atoms with Crippen molar-refractivity contribution in [2.75, 3.05) is 19.8 Å². The van der Waals surface area contributed by atoms with Crippen LogP contribution in [0, 0.1) is 5.92 Å². The smallest absolute Gasteiger partial charge is 0.411 e. The van der Waals surface area contributed by atoms with Gasteiger partial charge in [-0.05, 0) is 46.5 Å². The molecule has 1 heterocycles. The van der Waals surface area contributed by atoms with Crippen LogP contribution in [0.4, 0.5) is 4.79 Å². The zero-order chi connectivity index (χ0) is 15.3. The number of esters is 1. The Morgan fingerprint density at radius 3 is 2.50 bits per heavy atom. The Labute approximate surface area is 120 Å². The Morgan fingerprint density at radius 1 is 1.35 bits per heavy atom. The first-order chi connectivity index (χ1) is 9.28. The second-order valence-corrected chi connectivity index (χ2v) is 6.01. The summed E-state index contributed by atoms with van der Waals surface area (Å²) >= 11 is 0. The minimum Gasteiger partial charge on any atom is -0.464 e. The van der Waals surface area contributed by atoms with Gasteiger partial charge >= 0.3 is 12.1 Å². The summed E-state index contributed by atoms with van der Waals surface area (Å²) in [5, 5.41) is 9.24. The van der Waals surface area contributed by atoms with E-state index in [0.29, 0.717) is 19.4 Å². The van der Waals surface area contributed by atoms with Gasteiger partial charge in [-0.1, -0.05) is 0 Å². The van der Waals surface area contributed by atoms with Crippen molar-refractivity contribution in [1.29, 1.82) is 0 Å². The van der Waals surface area contributed by atoms with E-state index >= 15 is 0 Å². The van der Waals surface area contributed by atoms with Crippen LogP contribution in [-0.2, 0) is 14.3 Å². The van der Waals surface area contributed by atoms with Crippen LogP contribution in [-0.4, -0.2) is 53.5 Å². The summed E-state index contributed by atoms with van der Waals surface area (Å²) in [6, 6.07) is -0.671. The highest BCUT2D eigenvalue weighted by molar-refractivity contribution is 5.81. The summed E-state index contributed by atoms with van der Waals surface area (Å²) in [5.74, 6) is -0.417. The highest BCUT2D eigenvalue weighted by atomic mass is 16.6. The third-order valence-electron chi connectivity index (χ3n) is 3.16. The summed E-state index contributed by atoms with van der Waals surface area (Å²) in [7, 11) is 0. The Morgan fingerprint density at radius 2 is 2.00 bits per heavy atom. The quantitative estimate of drug-likeness (QED) is 0.797. The molecule has 0 aromatic carbocycles. The predicted molar refractivity (Wildman–Crippen MR) is 73.2 cm³/mol. The number of hydrogen-bond donors (Lipinski definition) is 1. The third-order valence-corrected chi connectivity index (χ3v) is 3.16. The van der Waals surface area contributed by atoms with E-state index in [1.54, 1.807) is 27.7 Å². The molecule has 0 aromatic heterocycles. The van der Waals surface area contributed by atoms with Gasteiger partial charge in [0.1, 0.15) is 11.6 Å². The summed E-state index contributed by atoms with van der Waals surface area (Å²) in [5.41, 5.74) is -0.607. The number of hydrogen-bond acceptors (Lipinski definition) is 5. The molecule has 2 unspecified atom stereocenters. The van der Waals surface area contributed by atoms with Gasteiger partial charge in [-0.3, -0.25) is 4.90 Å². The molecule has 1 aliphatic rings. The van der Waals surface area contributed by atoms with Crippen molar-refractivity contribution in [3.8, 4) is 0 Å². The second kappa shape index (κ2) is 6.92. The fourth-order valence-electron chi connectivity index (χ4n) is 2.21. The normalized spacial score (nSPS) is 23.4. The summed E-state index contributed by atoms with van der Waals surface area (Å²) in [6.45, 7) is 7.74. The number of piperidine rings is 1. The van der Waals surface area contributed by atoms with Gasteiger partial charge in [-0.25, -0.2) is 9.59 Å². The lowest BCUT2D eigenvalue weighted by molar-refractivity contribution is -0.151. The van der Waals surface area contributed by atoms with E-state index in [9.17, 15) is 14.7 Å². The number of ether oxygens (including phenoxy) is 2. The molecule has 20 heavy (non-hydrogen) atoms. The molecule has 1 saturated heterocycles. The molecule has 1 rings (SSSR count). The lowest BCUT2D eigenvalue weighted by Crippen LogP contribution is -2.52. The van der Waals surface area contributed by atoms with Crippen molar-refractivity contribution in [2.24, 2.45) is 5.92 Å². The van der Waals surface area contributed by atoms with Gasteiger partial charge in [-0.15, -0.1) is 0 Å². The summed E-state index contributed by atoms with van der Waals surface area (Å²) in [6.07, 6.45) is 0.562. The molecule has 0 radical (unpaired) electrons. The Kier molecular flexibility index (Phi) is 5.80. The molecule has 2 atom stereocenters. The molecule has 0 aromatic rings. The average molecular weight is 287 g/mol. The van der Waals surface area contributed by atoms with E-state index in [4.69, 9.17) is 9.47 Å². The maximum Gasteiger partial charge on any atom is 0.411 e. The minimum atomic E-state index is -0.671. The minimum absolute atomic E-state index is 0.0120. The zero-order valence-electron chi connectivity index (χ0n) is 12.7. The topological polar surface area (TPSA) is 76.1 Å². The largest absolute Gasteiger partial charge is 0.464 e. The van der Waals surface area contributed by atoms with E-state index in [1.807, 2.05) is 0 Å². The maximum absolute atomic E-state index is 12.2. The summed E-state index contributed by atoms with van der Waals surface area (Å²) in [4.78, 5) is 25.6. The molecule has 0 bridgehead atoms. The number of aliphatic hydroxyl groups is 1. The van der Waals surface area contributed by atoms with Crippen molar-refractivity contribution < 1.29 is 24.2 Å². The Bertz CT molecular complexity index is 350. The van der Waals surface area contributed by atoms with Crippen LogP contribution in [0.2, 0.25) is 0 Å². The average Bonchev–Trinajstić information content (AvgIpc) is 2.36. The van der Waals surface area contributed by atoms with E-state index < -0.39 is 23.7 Å². The van der Waals surface area contributed by atoms with Crippen LogP contribution in [0.5, 0.6) is 0 Å². The van der Waals surface area contributed by atoms with Gasteiger partial charge in [0.25, 0.3) is 0 Å². The van der Waals surface area contributed by atoms with E-state index in [2.05, 4.69) is 0 Å². The van der Waals surface area contributed by atoms with Crippen LogP contribution in [0.3, 0.4) is 0 Å². The van der Waals surface area contributed by atoms with Gasteiger partial charge < -0.3 is 14.6 Å². The van der Waals surface area contributed by atoms with Crippen LogP contribution >= 0.6 is 0 Å². The second-order valence-electron chi connectivity index (χ2n) is 6.01. The maximum atomic E-state index is 12.2. The number of aliphatic hydroxyl groups excluding tert-OH is 1. The molecule has 1 amide bonds. The monoisotopic (exact) mass is 287 g/mol. The third kappa shape index (κ3) is 4.67. The zero-order valence-corrected chi connectivity index (χ0v) is 12.7. The van der Waals surface area contributed by atoms with Crippen molar-refractivity contribution in [2.45, 2.75) is 52.2 Å². The van der Waals surface area contributed by atoms with Gasteiger partial charge in [0.2, 0.25) is 0 Å². The number of nitrogens with zero attached hydrogens (tertiary/aromatic N) is 1. The molecule has 6 nitrogen and oxygen atoms in total. The van der Waals surface area contributed by atoms with Gasteiger partial charge in [-0.2, -0.15) is 0 Å². The first-order valence-electron chi connectivity index (χ1n) is 7.05. The van der Waals surface area contributed by atoms with Gasteiger partial charge in [0, 0.05) is 13.2 Å². The number of likely N-dealkylation sites (tertiary alicyclic amines) is 1. The van der Waals surface area contributed by atoms with E-state index in [-0.39, 0.29) is 19.1 Å². The Balaban J connectivity index is 2.80. The molecule has 1 aliphatic heterocycles. The molecule has 6 heteroatoms. The van der Waals surface area contributed by atoms with Crippen molar-refractivity contribution in [3.63, 3.8) is 0 Å². The molecule has 1 fully saturated rings. The molecular weight excluding hydrogens is 262 g/mol. The lowest BCUT2D eigenvalue weighted by atomic mass is 9.92. The first-order valence-corrected chi connectivity index (χ1v) is 7.05. The van der Waals surface area contributed by atoms with Crippen molar-refractivity contribution in [1.82, 2.24) is 4.90 Å².